The highest BCUT2D eigenvalue weighted by Gasteiger charge is 2.49. The molecule has 3 aromatic rings. The summed E-state index contributed by atoms with van der Waals surface area (Å²) in [6.45, 7) is 5.88. The maximum absolute atomic E-state index is 13.9. The predicted octanol–water partition coefficient (Wildman–Crippen LogP) is 6.13. The second kappa shape index (κ2) is 9.68. The SMILES string of the molecule is C=CCC1CCCC(c2ccc(F)cc2)N1C(=O)C1CC1c1ccc(-n2cnc(C)c2)c(OC)c1. The van der Waals surface area contributed by atoms with Gasteiger partial charge in [0.15, 0.2) is 0 Å². The van der Waals surface area contributed by atoms with Crippen molar-refractivity contribution >= 4 is 5.91 Å². The van der Waals surface area contributed by atoms with Gasteiger partial charge in [0.2, 0.25) is 5.91 Å². The van der Waals surface area contributed by atoms with Gasteiger partial charge < -0.3 is 14.2 Å². The van der Waals surface area contributed by atoms with Crippen molar-refractivity contribution < 1.29 is 13.9 Å². The van der Waals surface area contributed by atoms with Crippen LogP contribution in [0.4, 0.5) is 4.39 Å². The van der Waals surface area contributed by atoms with Crippen LogP contribution in [-0.2, 0) is 4.79 Å². The number of carbonyl (C=O) groups is 1. The Morgan fingerprint density at radius 2 is 1.97 bits per heavy atom. The zero-order valence-corrected chi connectivity index (χ0v) is 20.4. The van der Waals surface area contributed by atoms with Gasteiger partial charge in [-0.15, -0.1) is 6.58 Å². The van der Waals surface area contributed by atoms with Crippen molar-refractivity contribution in [2.45, 2.75) is 57.0 Å². The first-order valence-corrected chi connectivity index (χ1v) is 12.4. The second-order valence-corrected chi connectivity index (χ2v) is 9.72. The zero-order valence-electron chi connectivity index (χ0n) is 20.4. The van der Waals surface area contributed by atoms with E-state index in [9.17, 15) is 9.18 Å². The molecule has 0 radical (unpaired) electrons. The van der Waals surface area contributed by atoms with Crippen LogP contribution < -0.4 is 4.74 Å². The summed E-state index contributed by atoms with van der Waals surface area (Å²) >= 11 is 0. The Balaban J connectivity index is 1.39. The van der Waals surface area contributed by atoms with Crippen molar-refractivity contribution in [2.24, 2.45) is 5.92 Å². The summed E-state index contributed by atoms with van der Waals surface area (Å²) in [6.07, 6.45) is 10.2. The highest BCUT2D eigenvalue weighted by atomic mass is 19.1. The monoisotopic (exact) mass is 473 g/mol. The average molecular weight is 474 g/mol. The third-order valence-corrected chi connectivity index (χ3v) is 7.42. The van der Waals surface area contributed by atoms with Crippen molar-refractivity contribution in [3.8, 4) is 11.4 Å². The number of halogens is 1. The summed E-state index contributed by atoms with van der Waals surface area (Å²) < 4.78 is 21.2. The quantitative estimate of drug-likeness (QED) is 0.388. The van der Waals surface area contributed by atoms with Gasteiger partial charge in [0.05, 0.1) is 30.9 Å². The molecule has 1 aliphatic heterocycles. The van der Waals surface area contributed by atoms with E-state index in [0.717, 1.165) is 60.4 Å². The lowest BCUT2D eigenvalue weighted by atomic mass is 9.88. The summed E-state index contributed by atoms with van der Waals surface area (Å²) in [6, 6.07) is 12.9. The standard InChI is InChI=1S/C29H32FN3O2/c1-4-6-23-7-5-8-26(20-9-12-22(30)13-10-20)33(23)29(34)25-16-24(25)21-11-14-27(28(15-21)35-3)32-17-19(2)31-18-32/h4,9-15,17-18,23-26H,1,5-8,16H2,2-3H3. The molecule has 1 aromatic heterocycles. The van der Waals surface area contributed by atoms with Gasteiger partial charge in [-0.25, -0.2) is 9.37 Å². The number of hydrogen-bond donors (Lipinski definition) is 0. The number of imidazole rings is 1. The summed E-state index contributed by atoms with van der Waals surface area (Å²) in [5.41, 5.74) is 4.00. The van der Waals surface area contributed by atoms with Crippen LogP contribution in [-0.4, -0.2) is 33.5 Å². The van der Waals surface area contributed by atoms with Crippen LogP contribution in [0.3, 0.4) is 0 Å². The van der Waals surface area contributed by atoms with Crippen LogP contribution in [0.25, 0.3) is 5.69 Å². The highest BCUT2D eigenvalue weighted by molar-refractivity contribution is 5.84. The van der Waals surface area contributed by atoms with Gasteiger partial charge in [0.1, 0.15) is 11.6 Å². The molecular weight excluding hydrogens is 441 g/mol. The van der Waals surface area contributed by atoms with E-state index >= 15 is 0 Å². The lowest BCUT2D eigenvalue weighted by Gasteiger charge is -2.42. The molecule has 5 nitrogen and oxygen atoms in total. The van der Waals surface area contributed by atoms with E-state index < -0.39 is 0 Å². The summed E-state index contributed by atoms with van der Waals surface area (Å²) in [4.78, 5) is 20.3. The average Bonchev–Trinajstić information content (AvgIpc) is 3.56. The summed E-state index contributed by atoms with van der Waals surface area (Å²) in [7, 11) is 1.67. The van der Waals surface area contributed by atoms with Gasteiger partial charge >= 0.3 is 0 Å². The molecule has 35 heavy (non-hydrogen) atoms. The minimum absolute atomic E-state index is 0.0237. The predicted molar refractivity (Wildman–Crippen MR) is 134 cm³/mol. The molecule has 1 aliphatic carbocycles. The zero-order chi connectivity index (χ0) is 24.5. The molecule has 0 N–H and O–H groups in total. The molecule has 0 spiro atoms. The van der Waals surface area contributed by atoms with E-state index in [0.29, 0.717) is 0 Å². The maximum Gasteiger partial charge on any atom is 0.227 e. The van der Waals surface area contributed by atoms with Gasteiger partial charge in [0.25, 0.3) is 0 Å². The topological polar surface area (TPSA) is 47.4 Å². The van der Waals surface area contributed by atoms with E-state index in [1.807, 2.05) is 42.0 Å². The first-order valence-electron chi connectivity index (χ1n) is 12.4. The number of rotatable bonds is 7. The van der Waals surface area contributed by atoms with Gasteiger partial charge in [-0.3, -0.25) is 4.79 Å². The second-order valence-electron chi connectivity index (χ2n) is 9.72. The fourth-order valence-electron chi connectivity index (χ4n) is 5.57. The fraction of sp³-hybridized carbons (Fsp3) is 0.379. The first kappa shape index (κ1) is 23.3. The molecule has 2 aromatic carbocycles. The fourth-order valence-corrected chi connectivity index (χ4v) is 5.57. The van der Waals surface area contributed by atoms with Crippen molar-refractivity contribution in [3.63, 3.8) is 0 Å². The number of aryl methyl sites for hydroxylation is 1. The van der Waals surface area contributed by atoms with E-state index in [1.54, 1.807) is 13.4 Å². The van der Waals surface area contributed by atoms with Crippen LogP contribution >= 0.6 is 0 Å². The number of piperidine rings is 1. The van der Waals surface area contributed by atoms with Crippen LogP contribution in [0.2, 0.25) is 0 Å². The number of carbonyl (C=O) groups excluding carboxylic acids is 1. The molecule has 5 rings (SSSR count). The Kier molecular flexibility index (Phi) is 6.46. The first-order chi connectivity index (χ1) is 17.0. The minimum atomic E-state index is -0.254. The third-order valence-electron chi connectivity index (χ3n) is 7.42. The number of benzene rings is 2. The van der Waals surface area contributed by atoms with Gasteiger partial charge in [-0.2, -0.15) is 0 Å². The molecule has 1 amide bonds. The van der Waals surface area contributed by atoms with Gasteiger partial charge in [0, 0.05) is 18.2 Å². The van der Waals surface area contributed by atoms with Crippen molar-refractivity contribution in [1.29, 1.82) is 0 Å². The number of nitrogens with zero attached hydrogens (tertiary/aromatic N) is 3. The maximum atomic E-state index is 13.9. The lowest BCUT2D eigenvalue weighted by molar-refractivity contribution is -0.140. The summed E-state index contributed by atoms with van der Waals surface area (Å²) in [5.74, 6) is 0.842. The summed E-state index contributed by atoms with van der Waals surface area (Å²) in [5, 5.41) is 0. The number of methoxy groups -OCH3 is 1. The molecular formula is C29H32FN3O2. The van der Waals surface area contributed by atoms with Crippen LogP contribution in [0.15, 0.2) is 67.6 Å². The van der Waals surface area contributed by atoms with Crippen molar-refractivity contribution in [1.82, 2.24) is 14.5 Å². The molecule has 0 bridgehead atoms. The number of hydrogen-bond acceptors (Lipinski definition) is 3. The molecule has 6 heteroatoms. The molecule has 1 saturated heterocycles. The van der Waals surface area contributed by atoms with Crippen molar-refractivity contribution in [3.05, 3.63) is 90.3 Å². The Morgan fingerprint density at radius 3 is 2.66 bits per heavy atom. The Labute approximate surface area is 206 Å². The Bertz CT molecular complexity index is 1220. The smallest absolute Gasteiger partial charge is 0.227 e. The number of aromatic nitrogens is 2. The van der Waals surface area contributed by atoms with Crippen molar-refractivity contribution in [2.75, 3.05) is 7.11 Å². The lowest BCUT2D eigenvalue weighted by Crippen LogP contribution is -2.46. The largest absolute Gasteiger partial charge is 0.495 e. The van der Waals surface area contributed by atoms with Crippen LogP contribution in [0.1, 0.15) is 60.9 Å². The molecule has 182 valence electrons. The van der Waals surface area contributed by atoms with Crippen LogP contribution in [0, 0.1) is 18.7 Å². The van der Waals surface area contributed by atoms with Gasteiger partial charge in [-0.05, 0) is 80.3 Å². The highest BCUT2D eigenvalue weighted by Crippen LogP contribution is 2.51. The Hall–Kier alpha value is -3.41. The van der Waals surface area contributed by atoms with E-state index in [1.165, 1.54) is 12.1 Å². The molecule has 1 saturated carbocycles. The third kappa shape index (κ3) is 4.62. The van der Waals surface area contributed by atoms with Crippen LogP contribution in [0.5, 0.6) is 5.75 Å². The van der Waals surface area contributed by atoms with E-state index in [4.69, 9.17) is 4.74 Å². The number of likely N-dealkylation sites (tertiary alicyclic amines) is 1. The molecule has 2 heterocycles. The van der Waals surface area contributed by atoms with E-state index in [2.05, 4.69) is 28.6 Å². The molecule has 2 fully saturated rings. The molecule has 4 unspecified atom stereocenters. The van der Waals surface area contributed by atoms with E-state index in [-0.39, 0.29) is 35.6 Å². The number of ether oxygens (including phenoxy) is 1. The van der Waals surface area contributed by atoms with Gasteiger partial charge in [-0.1, -0.05) is 24.3 Å². The Morgan fingerprint density at radius 1 is 1.20 bits per heavy atom. The number of amides is 1. The molecule has 4 atom stereocenters. The molecule has 2 aliphatic rings. The normalized spacial score (nSPS) is 23.7. The minimum Gasteiger partial charge on any atom is -0.495 e.